The van der Waals surface area contributed by atoms with Crippen molar-refractivity contribution in [1.29, 1.82) is 0 Å². The first kappa shape index (κ1) is 11.6. The Morgan fingerprint density at radius 2 is 1.59 bits per heavy atom. The highest BCUT2D eigenvalue weighted by atomic mass is 19.1. The summed E-state index contributed by atoms with van der Waals surface area (Å²) >= 11 is 0. The molecule has 0 amide bonds. The van der Waals surface area contributed by atoms with Crippen LogP contribution in [0.3, 0.4) is 0 Å². The van der Waals surface area contributed by atoms with Crippen LogP contribution >= 0.6 is 0 Å². The fourth-order valence-corrected chi connectivity index (χ4v) is 1.69. The van der Waals surface area contributed by atoms with Crippen molar-refractivity contribution >= 4 is 5.69 Å². The minimum Gasteiger partial charge on any atom is -0.398 e. The van der Waals surface area contributed by atoms with E-state index in [-0.39, 0.29) is 0 Å². The van der Waals surface area contributed by atoms with Crippen LogP contribution in [0.2, 0.25) is 0 Å². The third-order valence-corrected chi connectivity index (χ3v) is 2.84. The van der Waals surface area contributed by atoms with Crippen LogP contribution in [0, 0.1) is 25.5 Å². The topological polar surface area (TPSA) is 26.0 Å². The van der Waals surface area contributed by atoms with Gasteiger partial charge in [0.1, 0.15) is 11.6 Å². The van der Waals surface area contributed by atoms with Crippen LogP contribution in [0.1, 0.15) is 11.1 Å². The molecular weight excluding hydrogens is 220 g/mol. The maximum Gasteiger partial charge on any atom is 0.133 e. The predicted molar refractivity (Wildman–Crippen MR) is 65.7 cm³/mol. The molecule has 2 aromatic carbocycles. The molecule has 17 heavy (non-hydrogen) atoms. The first-order valence-corrected chi connectivity index (χ1v) is 5.31. The predicted octanol–water partition coefficient (Wildman–Crippen LogP) is 3.83. The van der Waals surface area contributed by atoms with Crippen molar-refractivity contribution in [3.63, 3.8) is 0 Å². The van der Waals surface area contributed by atoms with Crippen LogP contribution in [0.25, 0.3) is 11.1 Å². The van der Waals surface area contributed by atoms with Crippen molar-refractivity contribution in [3.8, 4) is 11.1 Å². The van der Waals surface area contributed by atoms with E-state index in [4.69, 9.17) is 5.73 Å². The summed E-state index contributed by atoms with van der Waals surface area (Å²) < 4.78 is 26.8. The van der Waals surface area contributed by atoms with Gasteiger partial charge in [0, 0.05) is 17.3 Å². The lowest BCUT2D eigenvalue weighted by Gasteiger charge is -2.08. The maximum absolute atomic E-state index is 13.7. The number of anilines is 1. The molecule has 2 N–H and O–H groups in total. The Kier molecular flexibility index (Phi) is 2.84. The zero-order valence-corrected chi connectivity index (χ0v) is 9.72. The second-order valence-electron chi connectivity index (χ2n) is 4.15. The van der Waals surface area contributed by atoms with Gasteiger partial charge in [0.15, 0.2) is 0 Å². The van der Waals surface area contributed by atoms with Gasteiger partial charge in [0.2, 0.25) is 0 Å². The maximum atomic E-state index is 13.7. The Morgan fingerprint density at radius 1 is 0.882 bits per heavy atom. The lowest BCUT2D eigenvalue weighted by atomic mass is 10.0. The van der Waals surface area contributed by atoms with Crippen molar-refractivity contribution in [2.24, 2.45) is 0 Å². The van der Waals surface area contributed by atoms with Crippen LogP contribution in [-0.4, -0.2) is 0 Å². The van der Waals surface area contributed by atoms with E-state index in [9.17, 15) is 8.78 Å². The van der Waals surface area contributed by atoms with Gasteiger partial charge >= 0.3 is 0 Å². The summed E-state index contributed by atoms with van der Waals surface area (Å²) in [4.78, 5) is 0. The van der Waals surface area contributed by atoms with Gasteiger partial charge in [-0.2, -0.15) is 0 Å². The van der Waals surface area contributed by atoms with Crippen LogP contribution in [0.15, 0.2) is 30.3 Å². The molecule has 0 aliphatic heterocycles. The molecule has 0 saturated carbocycles. The van der Waals surface area contributed by atoms with Gasteiger partial charge in [-0.15, -0.1) is 0 Å². The fraction of sp³-hybridized carbons (Fsp3) is 0.143. The van der Waals surface area contributed by atoms with Crippen molar-refractivity contribution in [1.82, 2.24) is 0 Å². The van der Waals surface area contributed by atoms with E-state index in [1.807, 2.05) is 13.0 Å². The van der Waals surface area contributed by atoms with Crippen molar-refractivity contribution in [2.45, 2.75) is 13.8 Å². The SMILES string of the molecule is Cc1ccc(-c2cc(C)c(F)cc2F)cc1N. The first-order valence-electron chi connectivity index (χ1n) is 5.31. The molecule has 0 saturated heterocycles. The summed E-state index contributed by atoms with van der Waals surface area (Å²) in [6.45, 7) is 3.49. The van der Waals surface area contributed by atoms with Crippen molar-refractivity contribution in [3.05, 3.63) is 53.1 Å². The third-order valence-electron chi connectivity index (χ3n) is 2.84. The number of nitrogen functional groups attached to an aromatic ring is 1. The van der Waals surface area contributed by atoms with E-state index in [0.29, 0.717) is 22.4 Å². The molecule has 0 unspecified atom stereocenters. The molecule has 0 atom stereocenters. The molecule has 1 nitrogen and oxygen atoms in total. The number of hydrogen-bond donors (Lipinski definition) is 1. The minimum atomic E-state index is -0.573. The van der Waals surface area contributed by atoms with Crippen molar-refractivity contribution in [2.75, 3.05) is 5.73 Å². The quantitative estimate of drug-likeness (QED) is 0.744. The van der Waals surface area contributed by atoms with E-state index in [0.717, 1.165) is 11.6 Å². The summed E-state index contributed by atoms with van der Waals surface area (Å²) in [5, 5.41) is 0. The van der Waals surface area contributed by atoms with Crippen LogP contribution in [-0.2, 0) is 0 Å². The van der Waals surface area contributed by atoms with Crippen molar-refractivity contribution < 1.29 is 8.78 Å². The van der Waals surface area contributed by atoms with E-state index >= 15 is 0 Å². The van der Waals surface area contributed by atoms with Gasteiger partial charge in [0.05, 0.1) is 0 Å². The molecule has 2 aromatic rings. The van der Waals surface area contributed by atoms with Gasteiger partial charge < -0.3 is 5.73 Å². The number of hydrogen-bond acceptors (Lipinski definition) is 1. The Balaban J connectivity index is 2.60. The molecule has 0 radical (unpaired) electrons. The normalized spacial score (nSPS) is 10.6. The Labute approximate surface area is 98.9 Å². The third kappa shape index (κ3) is 2.13. The first-order chi connectivity index (χ1) is 7.99. The molecule has 0 spiro atoms. The van der Waals surface area contributed by atoms with Crippen LogP contribution in [0.4, 0.5) is 14.5 Å². The zero-order valence-electron chi connectivity index (χ0n) is 9.72. The lowest BCUT2D eigenvalue weighted by Crippen LogP contribution is -1.93. The highest BCUT2D eigenvalue weighted by Gasteiger charge is 2.09. The zero-order chi connectivity index (χ0) is 12.6. The van der Waals surface area contributed by atoms with E-state index < -0.39 is 11.6 Å². The number of rotatable bonds is 1. The molecule has 3 heteroatoms. The number of halogens is 2. The molecule has 2 rings (SSSR count). The minimum absolute atomic E-state index is 0.371. The summed E-state index contributed by atoms with van der Waals surface area (Å²) in [5.74, 6) is -1.11. The fourth-order valence-electron chi connectivity index (χ4n) is 1.69. The molecule has 0 fully saturated rings. The largest absolute Gasteiger partial charge is 0.398 e. The van der Waals surface area contributed by atoms with Gasteiger partial charge in [-0.1, -0.05) is 12.1 Å². The molecular formula is C14H13F2N. The molecule has 0 aliphatic rings. The van der Waals surface area contributed by atoms with Crippen LogP contribution in [0.5, 0.6) is 0 Å². The number of aryl methyl sites for hydroxylation is 2. The Morgan fingerprint density at radius 3 is 2.24 bits per heavy atom. The Bertz CT molecular complexity index is 577. The molecule has 0 aromatic heterocycles. The highest BCUT2D eigenvalue weighted by molar-refractivity contribution is 5.70. The van der Waals surface area contributed by atoms with Gasteiger partial charge in [-0.3, -0.25) is 0 Å². The summed E-state index contributed by atoms with van der Waals surface area (Å²) in [7, 11) is 0. The highest BCUT2D eigenvalue weighted by Crippen LogP contribution is 2.28. The summed E-state index contributed by atoms with van der Waals surface area (Å²) in [6, 6.07) is 7.70. The second kappa shape index (κ2) is 4.17. The van der Waals surface area contributed by atoms with Gasteiger partial charge in [0.25, 0.3) is 0 Å². The molecule has 0 heterocycles. The summed E-state index contributed by atoms with van der Waals surface area (Å²) in [5.41, 5.74) is 8.77. The second-order valence-corrected chi connectivity index (χ2v) is 4.15. The molecule has 88 valence electrons. The van der Waals surface area contributed by atoms with E-state index in [1.54, 1.807) is 19.1 Å². The average Bonchev–Trinajstić information content (AvgIpc) is 2.27. The average molecular weight is 233 g/mol. The number of nitrogens with two attached hydrogens (primary N) is 1. The van der Waals surface area contributed by atoms with Crippen LogP contribution < -0.4 is 5.73 Å². The van der Waals surface area contributed by atoms with E-state index in [1.165, 1.54) is 6.07 Å². The number of benzene rings is 2. The monoisotopic (exact) mass is 233 g/mol. The Hall–Kier alpha value is -1.90. The molecule has 0 bridgehead atoms. The lowest BCUT2D eigenvalue weighted by molar-refractivity contribution is 0.579. The molecule has 0 aliphatic carbocycles. The van der Waals surface area contributed by atoms with Gasteiger partial charge in [-0.25, -0.2) is 8.78 Å². The standard InChI is InChI=1S/C14H13F2N/c1-8-3-4-10(6-14(8)17)11-5-9(2)12(15)7-13(11)16/h3-7H,17H2,1-2H3. The van der Waals surface area contributed by atoms with E-state index in [2.05, 4.69) is 0 Å². The summed E-state index contributed by atoms with van der Waals surface area (Å²) in [6.07, 6.45) is 0. The smallest absolute Gasteiger partial charge is 0.133 e. The van der Waals surface area contributed by atoms with Gasteiger partial charge in [-0.05, 0) is 42.7 Å².